The Hall–Kier alpha value is -2.59. The molecule has 3 aromatic rings. The van der Waals surface area contributed by atoms with Crippen LogP contribution in [0.5, 0.6) is 11.5 Å². The molecular formula is C23H26NO4P. The Morgan fingerprint density at radius 2 is 1.52 bits per heavy atom. The lowest BCUT2D eigenvalue weighted by Crippen LogP contribution is -2.22. The molecule has 0 aliphatic carbocycles. The maximum atomic E-state index is 12.7. The minimum absolute atomic E-state index is 0.253. The van der Waals surface area contributed by atoms with E-state index in [4.69, 9.17) is 9.26 Å². The molecule has 1 N–H and O–H groups in total. The highest BCUT2D eigenvalue weighted by Crippen LogP contribution is 2.45. The van der Waals surface area contributed by atoms with Gasteiger partial charge in [0, 0.05) is 13.0 Å². The molecule has 3 rings (SSSR count). The average molecular weight is 411 g/mol. The molecule has 0 amide bonds. The molecule has 3 aromatic carbocycles. The van der Waals surface area contributed by atoms with Crippen LogP contribution in [0.25, 0.3) is 0 Å². The van der Waals surface area contributed by atoms with Crippen molar-refractivity contribution in [3.05, 3.63) is 96.1 Å². The Bertz CT molecular complexity index is 949. The standard InChI is InChI=1S/C23H26NO4P/c1-19-11-9-10-16-22(19)27-23(20-12-5-3-6-13-20)17-18-24(2)29(25,26)28-21-14-7-4-8-15-21/h3-16,23H,17-18H2,1-2H3,(H,25,26). The van der Waals surface area contributed by atoms with Crippen LogP contribution in [-0.2, 0) is 4.57 Å². The first-order valence-electron chi connectivity index (χ1n) is 9.52. The SMILES string of the molecule is Cc1ccccc1OC(CCN(C)P(=O)(O)Oc1ccccc1)c1ccccc1. The summed E-state index contributed by atoms with van der Waals surface area (Å²) in [5.41, 5.74) is 2.06. The van der Waals surface area contributed by atoms with Gasteiger partial charge in [-0.3, -0.25) is 0 Å². The van der Waals surface area contributed by atoms with Gasteiger partial charge in [0.1, 0.15) is 17.6 Å². The van der Waals surface area contributed by atoms with Gasteiger partial charge < -0.3 is 14.2 Å². The van der Waals surface area contributed by atoms with E-state index in [-0.39, 0.29) is 6.10 Å². The monoisotopic (exact) mass is 411 g/mol. The first kappa shape index (κ1) is 21.1. The summed E-state index contributed by atoms with van der Waals surface area (Å²) in [6.45, 7) is 2.32. The van der Waals surface area contributed by atoms with Crippen LogP contribution in [0.4, 0.5) is 0 Å². The fourth-order valence-electron chi connectivity index (χ4n) is 2.92. The van der Waals surface area contributed by atoms with Crippen molar-refractivity contribution in [2.75, 3.05) is 13.6 Å². The number of aryl methyl sites for hydroxylation is 1. The van der Waals surface area contributed by atoms with Gasteiger partial charge in [0.05, 0.1) is 0 Å². The zero-order chi connectivity index (χ0) is 20.7. The second-order valence-corrected chi connectivity index (χ2v) is 8.69. The van der Waals surface area contributed by atoms with Crippen LogP contribution >= 0.6 is 7.75 Å². The Labute approximate surface area is 172 Å². The first-order chi connectivity index (χ1) is 14.0. The molecule has 0 radical (unpaired) electrons. The predicted molar refractivity (Wildman–Crippen MR) is 115 cm³/mol. The Kier molecular flexibility index (Phi) is 7.10. The van der Waals surface area contributed by atoms with Crippen molar-refractivity contribution < 1.29 is 18.7 Å². The summed E-state index contributed by atoms with van der Waals surface area (Å²) in [7, 11) is -2.38. The molecule has 0 aliphatic rings. The summed E-state index contributed by atoms with van der Waals surface area (Å²) in [5.74, 6) is 1.16. The minimum Gasteiger partial charge on any atom is -0.485 e. The minimum atomic E-state index is -3.97. The molecule has 5 nitrogen and oxygen atoms in total. The van der Waals surface area contributed by atoms with E-state index in [2.05, 4.69) is 0 Å². The van der Waals surface area contributed by atoms with Crippen molar-refractivity contribution in [3.63, 3.8) is 0 Å². The lowest BCUT2D eigenvalue weighted by molar-refractivity contribution is 0.180. The van der Waals surface area contributed by atoms with Crippen LogP contribution in [0.15, 0.2) is 84.9 Å². The van der Waals surface area contributed by atoms with Gasteiger partial charge >= 0.3 is 7.75 Å². The topological polar surface area (TPSA) is 59.0 Å². The molecule has 0 aliphatic heterocycles. The van der Waals surface area contributed by atoms with E-state index < -0.39 is 7.75 Å². The van der Waals surface area contributed by atoms with Gasteiger partial charge in [0.15, 0.2) is 0 Å². The van der Waals surface area contributed by atoms with Gasteiger partial charge in [-0.1, -0.05) is 66.7 Å². The van der Waals surface area contributed by atoms with Gasteiger partial charge in [-0.25, -0.2) is 9.24 Å². The van der Waals surface area contributed by atoms with Crippen LogP contribution in [0.3, 0.4) is 0 Å². The van der Waals surface area contributed by atoms with Gasteiger partial charge in [-0.15, -0.1) is 0 Å². The van der Waals surface area contributed by atoms with Crippen LogP contribution in [0.1, 0.15) is 23.7 Å². The molecule has 0 bridgehead atoms. The van der Waals surface area contributed by atoms with Gasteiger partial charge in [-0.2, -0.15) is 0 Å². The van der Waals surface area contributed by atoms with E-state index in [1.165, 1.54) is 4.67 Å². The van der Waals surface area contributed by atoms with Gasteiger partial charge in [-0.05, 0) is 43.3 Å². The highest BCUT2D eigenvalue weighted by Gasteiger charge is 2.29. The molecule has 0 heterocycles. The summed E-state index contributed by atoms with van der Waals surface area (Å²) in [5, 5.41) is 0. The van der Waals surface area contributed by atoms with E-state index in [1.54, 1.807) is 31.3 Å². The summed E-state index contributed by atoms with van der Waals surface area (Å²) in [4.78, 5) is 10.4. The molecule has 0 saturated carbocycles. The van der Waals surface area contributed by atoms with Crippen molar-refractivity contribution in [1.29, 1.82) is 0 Å². The lowest BCUT2D eigenvalue weighted by Gasteiger charge is -2.26. The quantitative estimate of drug-likeness (QED) is 0.464. The highest BCUT2D eigenvalue weighted by molar-refractivity contribution is 7.50. The zero-order valence-electron chi connectivity index (χ0n) is 16.6. The molecule has 152 valence electrons. The molecule has 0 fully saturated rings. The Morgan fingerprint density at radius 1 is 0.931 bits per heavy atom. The summed E-state index contributed by atoms with van der Waals surface area (Å²) in [6, 6.07) is 26.4. The second-order valence-electron chi connectivity index (χ2n) is 6.85. The van der Waals surface area contributed by atoms with Crippen molar-refractivity contribution in [1.82, 2.24) is 4.67 Å². The highest BCUT2D eigenvalue weighted by atomic mass is 31.2. The molecule has 2 unspecified atom stereocenters. The Morgan fingerprint density at radius 3 is 2.17 bits per heavy atom. The summed E-state index contributed by atoms with van der Waals surface area (Å²) >= 11 is 0. The number of hydrogen-bond donors (Lipinski definition) is 1. The molecule has 0 spiro atoms. The average Bonchev–Trinajstić information content (AvgIpc) is 2.73. The van der Waals surface area contributed by atoms with Crippen molar-refractivity contribution in [2.45, 2.75) is 19.4 Å². The second kappa shape index (κ2) is 9.75. The number of rotatable bonds is 9. The van der Waals surface area contributed by atoms with Gasteiger partial charge in [0.2, 0.25) is 0 Å². The number of benzene rings is 3. The van der Waals surface area contributed by atoms with E-state index in [0.29, 0.717) is 18.7 Å². The Balaban J connectivity index is 1.71. The molecule has 2 atom stereocenters. The third-order valence-corrected chi connectivity index (χ3v) is 6.16. The van der Waals surface area contributed by atoms with Crippen molar-refractivity contribution in [3.8, 4) is 11.5 Å². The molecule has 0 aromatic heterocycles. The maximum Gasteiger partial charge on any atom is 0.458 e. The fourth-order valence-corrected chi connectivity index (χ4v) is 3.83. The predicted octanol–water partition coefficient (Wildman–Crippen LogP) is 5.62. The summed E-state index contributed by atoms with van der Waals surface area (Å²) < 4.78 is 25.6. The maximum absolute atomic E-state index is 12.7. The van der Waals surface area contributed by atoms with Crippen molar-refractivity contribution >= 4 is 7.75 Å². The number of para-hydroxylation sites is 2. The first-order valence-corrected chi connectivity index (χ1v) is 11.0. The summed E-state index contributed by atoms with van der Waals surface area (Å²) in [6.07, 6.45) is 0.272. The van der Waals surface area contributed by atoms with E-state index >= 15 is 0 Å². The zero-order valence-corrected chi connectivity index (χ0v) is 17.5. The lowest BCUT2D eigenvalue weighted by atomic mass is 10.1. The van der Waals surface area contributed by atoms with Crippen LogP contribution in [0, 0.1) is 6.92 Å². The molecule has 29 heavy (non-hydrogen) atoms. The molecule has 0 saturated heterocycles. The smallest absolute Gasteiger partial charge is 0.458 e. The third kappa shape index (κ3) is 5.94. The van der Waals surface area contributed by atoms with Crippen LogP contribution in [-0.4, -0.2) is 23.2 Å². The van der Waals surface area contributed by atoms with Crippen molar-refractivity contribution in [2.24, 2.45) is 0 Å². The normalized spacial score (nSPS) is 14.2. The van der Waals surface area contributed by atoms with E-state index in [1.807, 2.05) is 67.6 Å². The third-order valence-electron chi connectivity index (χ3n) is 4.65. The molecular weight excluding hydrogens is 385 g/mol. The number of hydrogen-bond acceptors (Lipinski definition) is 3. The van der Waals surface area contributed by atoms with E-state index in [0.717, 1.165) is 16.9 Å². The molecule has 6 heteroatoms. The van der Waals surface area contributed by atoms with Crippen LogP contribution in [0.2, 0.25) is 0 Å². The number of nitrogens with zero attached hydrogens (tertiary/aromatic N) is 1. The van der Waals surface area contributed by atoms with E-state index in [9.17, 15) is 9.46 Å². The number of ether oxygens (including phenoxy) is 1. The largest absolute Gasteiger partial charge is 0.485 e. The van der Waals surface area contributed by atoms with Crippen LogP contribution < -0.4 is 9.26 Å². The fraction of sp³-hybridized carbons (Fsp3) is 0.217. The van der Waals surface area contributed by atoms with Gasteiger partial charge in [0.25, 0.3) is 0 Å².